The lowest BCUT2D eigenvalue weighted by molar-refractivity contribution is -0.289. The van der Waals surface area contributed by atoms with Gasteiger partial charge in [-0.15, -0.1) is 0 Å². The highest BCUT2D eigenvalue weighted by Crippen LogP contribution is 2.43. The third kappa shape index (κ3) is 2.83. The van der Waals surface area contributed by atoms with E-state index >= 15 is 0 Å². The lowest BCUT2D eigenvalue weighted by Crippen LogP contribution is -2.33. The number of nitrogens with two attached hydrogens (primary N) is 2. The predicted octanol–water partition coefficient (Wildman–Crippen LogP) is 2.36. The Bertz CT molecular complexity index is 633. The number of nitrogens with zero attached hydrogens (tertiary/aromatic N) is 3. The van der Waals surface area contributed by atoms with Crippen molar-refractivity contribution in [2.24, 2.45) is 0 Å². The average molecular weight is 305 g/mol. The molecule has 21 heavy (non-hydrogen) atoms. The minimum absolute atomic E-state index is 0.0260. The van der Waals surface area contributed by atoms with Gasteiger partial charge in [0.15, 0.2) is 5.82 Å². The zero-order valence-electron chi connectivity index (χ0n) is 10.2. The Labute approximate surface area is 114 Å². The van der Waals surface area contributed by atoms with Crippen molar-refractivity contribution in [1.29, 1.82) is 0 Å². The minimum Gasteiger partial charge on any atom is -0.368 e. The fourth-order valence-electron chi connectivity index (χ4n) is 1.53. The molecule has 0 aliphatic rings. The molecule has 0 spiro atoms. The topological polar surface area (TPSA) is 90.7 Å². The fourth-order valence-corrected chi connectivity index (χ4v) is 1.53. The van der Waals surface area contributed by atoms with Crippen LogP contribution in [0, 0.1) is 0 Å². The van der Waals surface area contributed by atoms with Crippen molar-refractivity contribution in [3.05, 3.63) is 29.8 Å². The van der Waals surface area contributed by atoms with Gasteiger partial charge in [-0.3, -0.25) is 0 Å². The molecule has 0 saturated carbocycles. The monoisotopic (exact) mass is 305 g/mol. The van der Waals surface area contributed by atoms with Crippen LogP contribution in [0.3, 0.4) is 0 Å². The molecule has 1 aromatic carbocycles. The number of alkyl halides is 5. The van der Waals surface area contributed by atoms with Crippen LogP contribution in [0.1, 0.15) is 5.56 Å². The summed E-state index contributed by atoms with van der Waals surface area (Å²) in [5, 5.41) is 0. The molecule has 1 heterocycles. The van der Waals surface area contributed by atoms with Gasteiger partial charge in [-0.1, -0.05) is 24.3 Å². The zero-order valence-corrected chi connectivity index (χ0v) is 10.2. The summed E-state index contributed by atoms with van der Waals surface area (Å²) in [6.07, 6.45) is -5.67. The van der Waals surface area contributed by atoms with Crippen molar-refractivity contribution in [1.82, 2.24) is 15.0 Å². The minimum atomic E-state index is -5.67. The van der Waals surface area contributed by atoms with E-state index in [2.05, 4.69) is 15.0 Å². The lowest BCUT2D eigenvalue weighted by atomic mass is 10.1. The molecule has 0 unspecified atom stereocenters. The molecule has 0 aliphatic heterocycles. The van der Waals surface area contributed by atoms with Crippen LogP contribution >= 0.6 is 0 Å². The first-order valence-corrected chi connectivity index (χ1v) is 5.44. The van der Waals surface area contributed by atoms with E-state index in [1.54, 1.807) is 0 Å². The molecule has 112 valence electrons. The quantitative estimate of drug-likeness (QED) is 0.831. The van der Waals surface area contributed by atoms with Gasteiger partial charge in [0.2, 0.25) is 11.9 Å². The van der Waals surface area contributed by atoms with Crippen molar-refractivity contribution in [2.75, 3.05) is 11.5 Å². The Morgan fingerprint density at radius 1 is 0.762 bits per heavy atom. The van der Waals surface area contributed by atoms with Crippen LogP contribution in [0.5, 0.6) is 0 Å². The molecule has 5 nitrogen and oxygen atoms in total. The van der Waals surface area contributed by atoms with Gasteiger partial charge in [-0.25, -0.2) is 0 Å². The lowest BCUT2D eigenvalue weighted by Gasteiger charge is -2.19. The van der Waals surface area contributed by atoms with Crippen LogP contribution in [0.25, 0.3) is 11.4 Å². The molecule has 0 saturated heterocycles. The largest absolute Gasteiger partial charge is 0.458 e. The van der Waals surface area contributed by atoms with Crippen molar-refractivity contribution in [3.63, 3.8) is 0 Å². The van der Waals surface area contributed by atoms with Gasteiger partial charge in [0.05, 0.1) is 0 Å². The molecular weight excluding hydrogens is 297 g/mol. The first-order valence-electron chi connectivity index (χ1n) is 5.44. The maximum absolute atomic E-state index is 13.1. The van der Waals surface area contributed by atoms with Gasteiger partial charge in [0, 0.05) is 11.1 Å². The summed E-state index contributed by atoms with van der Waals surface area (Å²) in [4.78, 5) is 10.9. The maximum atomic E-state index is 13.1. The van der Waals surface area contributed by atoms with E-state index in [9.17, 15) is 22.0 Å². The number of halogens is 5. The van der Waals surface area contributed by atoms with Crippen LogP contribution in [0.15, 0.2) is 24.3 Å². The summed E-state index contributed by atoms with van der Waals surface area (Å²) in [6, 6.07) is 3.31. The third-order valence-corrected chi connectivity index (χ3v) is 2.53. The van der Waals surface area contributed by atoms with E-state index in [0.717, 1.165) is 12.1 Å². The van der Waals surface area contributed by atoms with Gasteiger partial charge >= 0.3 is 12.1 Å². The highest BCUT2D eigenvalue weighted by molar-refractivity contribution is 5.57. The summed E-state index contributed by atoms with van der Waals surface area (Å²) in [7, 11) is 0. The average Bonchev–Trinajstić information content (AvgIpc) is 2.36. The molecule has 2 rings (SSSR count). The van der Waals surface area contributed by atoms with Crippen LogP contribution in [-0.4, -0.2) is 21.1 Å². The Balaban J connectivity index is 2.40. The van der Waals surface area contributed by atoms with Crippen LogP contribution in [-0.2, 0) is 5.92 Å². The molecule has 0 fully saturated rings. The van der Waals surface area contributed by atoms with Crippen molar-refractivity contribution >= 4 is 11.9 Å². The first-order chi connectivity index (χ1) is 9.61. The van der Waals surface area contributed by atoms with Gasteiger partial charge < -0.3 is 11.5 Å². The van der Waals surface area contributed by atoms with E-state index in [4.69, 9.17) is 11.5 Å². The molecule has 0 aliphatic carbocycles. The van der Waals surface area contributed by atoms with E-state index in [1.165, 1.54) is 0 Å². The molecule has 0 radical (unpaired) electrons. The second-order valence-corrected chi connectivity index (χ2v) is 4.02. The molecule has 4 N–H and O–H groups in total. The van der Waals surface area contributed by atoms with Gasteiger partial charge in [0.1, 0.15) is 0 Å². The smallest absolute Gasteiger partial charge is 0.368 e. The molecule has 1 aromatic heterocycles. The summed E-state index contributed by atoms with van der Waals surface area (Å²) < 4.78 is 62.9. The Kier molecular flexibility index (Phi) is 3.39. The van der Waals surface area contributed by atoms with Crippen LogP contribution in [0.4, 0.5) is 33.8 Å². The fraction of sp³-hybridized carbons (Fsp3) is 0.182. The zero-order chi connectivity index (χ0) is 15.8. The Hall–Kier alpha value is -2.52. The molecule has 2 aromatic rings. The van der Waals surface area contributed by atoms with Crippen molar-refractivity contribution in [2.45, 2.75) is 12.1 Å². The predicted molar refractivity (Wildman–Crippen MR) is 64.0 cm³/mol. The van der Waals surface area contributed by atoms with Gasteiger partial charge in [-0.05, 0) is 0 Å². The first kappa shape index (κ1) is 14.9. The number of rotatable bonds is 2. The van der Waals surface area contributed by atoms with Gasteiger partial charge in [0.25, 0.3) is 0 Å². The highest BCUT2D eigenvalue weighted by atomic mass is 19.4. The standard InChI is InChI=1S/C11H8F5N5/c12-10(13,11(14,15)16)6-3-1-5(2-4-6)7-19-8(17)21-9(18)20-7/h1-4H,(H4,17,18,19,20,21). The molecule has 10 heteroatoms. The second-order valence-electron chi connectivity index (χ2n) is 4.02. The van der Waals surface area contributed by atoms with Crippen LogP contribution < -0.4 is 11.5 Å². The summed E-state index contributed by atoms with van der Waals surface area (Å²) in [5.74, 6) is -5.35. The normalized spacial score (nSPS) is 12.4. The SMILES string of the molecule is Nc1nc(N)nc(-c2ccc(C(F)(F)C(F)(F)F)cc2)n1. The van der Waals surface area contributed by atoms with E-state index in [0.29, 0.717) is 12.1 Å². The van der Waals surface area contributed by atoms with Crippen molar-refractivity contribution < 1.29 is 22.0 Å². The maximum Gasteiger partial charge on any atom is 0.458 e. The molecule has 0 amide bonds. The number of anilines is 2. The third-order valence-electron chi connectivity index (χ3n) is 2.53. The highest BCUT2D eigenvalue weighted by Gasteiger charge is 2.58. The van der Waals surface area contributed by atoms with Crippen molar-refractivity contribution in [3.8, 4) is 11.4 Å². The number of benzene rings is 1. The Morgan fingerprint density at radius 2 is 1.24 bits per heavy atom. The number of hydrogen-bond acceptors (Lipinski definition) is 5. The van der Waals surface area contributed by atoms with E-state index < -0.39 is 17.7 Å². The molecular formula is C11H8F5N5. The summed E-state index contributed by atoms with van der Waals surface area (Å²) >= 11 is 0. The van der Waals surface area contributed by atoms with E-state index in [-0.39, 0.29) is 23.3 Å². The summed E-state index contributed by atoms with van der Waals surface area (Å²) in [6.45, 7) is 0. The Morgan fingerprint density at radius 3 is 1.67 bits per heavy atom. The number of hydrogen-bond donors (Lipinski definition) is 2. The number of nitrogen functional groups attached to an aromatic ring is 2. The van der Waals surface area contributed by atoms with Gasteiger partial charge in [-0.2, -0.15) is 36.9 Å². The molecule has 0 atom stereocenters. The number of aromatic nitrogens is 3. The van der Waals surface area contributed by atoms with E-state index in [1.807, 2.05) is 0 Å². The molecule has 0 bridgehead atoms. The van der Waals surface area contributed by atoms with Crippen LogP contribution in [0.2, 0.25) is 0 Å². The second kappa shape index (κ2) is 4.79. The summed E-state index contributed by atoms with van der Waals surface area (Å²) in [5.41, 5.74) is 9.68.